The van der Waals surface area contributed by atoms with Crippen LogP contribution in [0.4, 0.5) is 4.79 Å². The molecule has 0 radical (unpaired) electrons. The Bertz CT molecular complexity index is 514. The number of hydrogen-bond donors (Lipinski definition) is 2. The van der Waals surface area contributed by atoms with Crippen LogP contribution in [-0.2, 0) is 4.79 Å². The van der Waals surface area contributed by atoms with Crippen molar-refractivity contribution in [2.24, 2.45) is 0 Å². The molecule has 1 aromatic heterocycles. The molecule has 1 fully saturated rings. The number of carbonyl (C=O) groups is 2. The molecule has 1 aliphatic rings. The zero-order valence-corrected chi connectivity index (χ0v) is 13.4. The number of thiophene rings is 1. The van der Waals surface area contributed by atoms with Crippen LogP contribution in [-0.4, -0.2) is 34.6 Å². The summed E-state index contributed by atoms with van der Waals surface area (Å²) in [4.78, 5) is 25.8. The van der Waals surface area contributed by atoms with Crippen LogP contribution in [0, 0.1) is 0 Å². The molecule has 116 valence electrons. The lowest BCUT2D eigenvalue weighted by atomic mass is 10.2. The second kappa shape index (κ2) is 7.13. The summed E-state index contributed by atoms with van der Waals surface area (Å²) in [6.45, 7) is 1.61. The van der Waals surface area contributed by atoms with Crippen LogP contribution in [0.1, 0.15) is 43.5 Å². The van der Waals surface area contributed by atoms with Crippen molar-refractivity contribution in [3.05, 3.63) is 21.3 Å². The summed E-state index contributed by atoms with van der Waals surface area (Å²) in [7, 11) is 0. The number of carbonyl (C=O) groups excluding carboxylic acids is 1. The minimum atomic E-state index is -0.983. The van der Waals surface area contributed by atoms with Gasteiger partial charge in [0, 0.05) is 10.9 Å². The van der Waals surface area contributed by atoms with E-state index < -0.39 is 5.97 Å². The largest absolute Gasteiger partial charge is 0.480 e. The number of urea groups is 1. The zero-order valence-electron chi connectivity index (χ0n) is 11.8. The standard InChI is InChI=1S/C14H19ClN2O3S/c1-9(11-6-7-12(15)21-11)16-14(20)17(8-13(18)19)10-4-2-3-5-10/h6-7,9-10H,2-5,8H2,1H3,(H,16,20)(H,18,19). The molecule has 0 saturated heterocycles. The number of hydrogen-bond acceptors (Lipinski definition) is 3. The lowest BCUT2D eigenvalue weighted by molar-refractivity contribution is -0.138. The summed E-state index contributed by atoms with van der Waals surface area (Å²) in [5.74, 6) is -0.983. The van der Waals surface area contributed by atoms with E-state index in [2.05, 4.69) is 5.32 Å². The van der Waals surface area contributed by atoms with Gasteiger partial charge in [0.1, 0.15) is 6.54 Å². The van der Waals surface area contributed by atoms with Crippen molar-refractivity contribution in [3.63, 3.8) is 0 Å². The summed E-state index contributed by atoms with van der Waals surface area (Å²) in [5, 5.41) is 11.9. The van der Waals surface area contributed by atoms with Gasteiger partial charge in [0.05, 0.1) is 10.4 Å². The Morgan fingerprint density at radius 1 is 1.48 bits per heavy atom. The van der Waals surface area contributed by atoms with E-state index in [1.165, 1.54) is 16.2 Å². The first kappa shape index (κ1) is 16.1. The molecule has 1 aliphatic carbocycles. The fourth-order valence-corrected chi connectivity index (χ4v) is 3.69. The van der Waals surface area contributed by atoms with E-state index in [0.717, 1.165) is 30.6 Å². The maximum atomic E-state index is 12.4. The Balaban J connectivity index is 2.01. The minimum absolute atomic E-state index is 0.0280. The van der Waals surface area contributed by atoms with E-state index in [-0.39, 0.29) is 24.7 Å². The third-order valence-corrected chi connectivity index (χ3v) is 5.11. The Labute approximate surface area is 132 Å². The van der Waals surface area contributed by atoms with Crippen molar-refractivity contribution < 1.29 is 14.7 Å². The highest BCUT2D eigenvalue weighted by Crippen LogP contribution is 2.28. The first-order valence-electron chi connectivity index (χ1n) is 7.01. The molecule has 2 N–H and O–H groups in total. The molecule has 0 aromatic carbocycles. The number of nitrogens with one attached hydrogen (secondary N) is 1. The molecule has 1 aromatic rings. The fourth-order valence-electron chi connectivity index (χ4n) is 2.63. The monoisotopic (exact) mass is 330 g/mol. The first-order chi connectivity index (χ1) is 9.97. The van der Waals surface area contributed by atoms with Crippen molar-refractivity contribution in [2.45, 2.75) is 44.7 Å². The van der Waals surface area contributed by atoms with Gasteiger partial charge in [-0.25, -0.2) is 4.79 Å². The normalized spacial score (nSPS) is 16.7. The zero-order chi connectivity index (χ0) is 15.4. The molecule has 1 heterocycles. The van der Waals surface area contributed by atoms with Crippen LogP contribution in [0.25, 0.3) is 0 Å². The highest BCUT2D eigenvalue weighted by Gasteiger charge is 2.29. The second-order valence-electron chi connectivity index (χ2n) is 5.27. The molecule has 21 heavy (non-hydrogen) atoms. The van der Waals surface area contributed by atoms with Gasteiger partial charge >= 0.3 is 12.0 Å². The van der Waals surface area contributed by atoms with E-state index in [0.29, 0.717) is 4.34 Å². The second-order valence-corrected chi connectivity index (χ2v) is 7.02. The Hall–Kier alpha value is -1.27. The predicted octanol–water partition coefficient (Wildman–Crippen LogP) is 3.50. The third kappa shape index (κ3) is 4.35. The number of rotatable bonds is 5. The van der Waals surface area contributed by atoms with E-state index in [9.17, 15) is 9.59 Å². The molecular weight excluding hydrogens is 312 g/mol. The maximum absolute atomic E-state index is 12.4. The highest BCUT2D eigenvalue weighted by molar-refractivity contribution is 7.16. The molecule has 1 atom stereocenters. The van der Waals surface area contributed by atoms with Crippen molar-refractivity contribution in [1.29, 1.82) is 0 Å². The predicted molar refractivity (Wildman–Crippen MR) is 82.9 cm³/mol. The SMILES string of the molecule is CC(NC(=O)N(CC(=O)O)C1CCCC1)c1ccc(Cl)s1. The molecule has 0 bridgehead atoms. The topological polar surface area (TPSA) is 69.6 Å². The minimum Gasteiger partial charge on any atom is -0.480 e. The summed E-state index contributed by atoms with van der Waals surface area (Å²) >= 11 is 7.31. The molecule has 5 nitrogen and oxygen atoms in total. The molecule has 1 saturated carbocycles. The summed E-state index contributed by atoms with van der Waals surface area (Å²) in [6, 6.07) is 3.18. The van der Waals surface area contributed by atoms with Crippen molar-refractivity contribution >= 4 is 34.9 Å². The van der Waals surface area contributed by atoms with Gasteiger partial charge in [-0.15, -0.1) is 11.3 Å². The van der Waals surface area contributed by atoms with Crippen molar-refractivity contribution in [3.8, 4) is 0 Å². The molecule has 7 heteroatoms. The Kier molecular flexibility index (Phi) is 5.47. The number of halogens is 1. The average Bonchev–Trinajstić information content (AvgIpc) is 3.06. The van der Waals surface area contributed by atoms with Gasteiger partial charge in [0.15, 0.2) is 0 Å². The van der Waals surface area contributed by atoms with Gasteiger partial charge in [-0.1, -0.05) is 24.4 Å². The average molecular weight is 331 g/mol. The number of aliphatic carboxylic acids is 1. The summed E-state index contributed by atoms with van der Waals surface area (Å²) < 4.78 is 0.671. The summed E-state index contributed by atoms with van der Waals surface area (Å²) in [6.07, 6.45) is 3.84. The van der Waals surface area contributed by atoms with E-state index in [1.807, 2.05) is 13.0 Å². The smallest absolute Gasteiger partial charge is 0.323 e. The Morgan fingerprint density at radius 3 is 2.67 bits per heavy atom. The number of carboxylic acids is 1. The van der Waals surface area contributed by atoms with Crippen molar-refractivity contribution in [1.82, 2.24) is 10.2 Å². The highest BCUT2D eigenvalue weighted by atomic mass is 35.5. The van der Waals surface area contributed by atoms with Gasteiger partial charge in [-0.05, 0) is 31.9 Å². The lowest BCUT2D eigenvalue weighted by Gasteiger charge is -2.28. The van der Waals surface area contributed by atoms with E-state index in [1.54, 1.807) is 6.07 Å². The lowest BCUT2D eigenvalue weighted by Crippen LogP contribution is -2.48. The molecule has 0 aliphatic heterocycles. The van der Waals surface area contributed by atoms with Gasteiger partial charge < -0.3 is 15.3 Å². The number of carboxylic acid groups (broad SMARTS) is 1. The van der Waals surface area contributed by atoms with Gasteiger partial charge in [-0.2, -0.15) is 0 Å². The van der Waals surface area contributed by atoms with Crippen LogP contribution in [0.15, 0.2) is 12.1 Å². The fraction of sp³-hybridized carbons (Fsp3) is 0.571. The van der Waals surface area contributed by atoms with Crippen LogP contribution in [0.3, 0.4) is 0 Å². The first-order valence-corrected chi connectivity index (χ1v) is 8.21. The van der Waals surface area contributed by atoms with Crippen LogP contribution >= 0.6 is 22.9 Å². The molecular formula is C14H19ClN2O3S. The summed E-state index contributed by atoms with van der Waals surface area (Å²) in [5.41, 5.74) is 0. The van der Waals surface area contributed by atoms with Gasteiger partial charge in [-0.3, -0.25) is 4.79 Å². The van der Waals surface area contributed by atoms with Gasteiger partial charge in [0.2, 0.25) is 0 Å². The quantitative estimate of drug-likeness (QED) is 0.868. The van der Waals surface area contributed by atoms with Crippen LogP contribution < -0.4 is 5.32 Å². The van der Waals surface area contributed by atoms with Crippen molar-refractivity contribution in [2.75, 3.05) is 6.54 Å². The van der Waals surface area contributed by atoms with Crippen LogP contribution in [0.2, 0.25) is 4.34 Å². The number of nitrogens with zero attached hydrogens (tertiary/aromatic N) is 1. The molecule has 0 spiro atoms. The number of amides is 2. The maximum Gasteiger partial charge on any atom is 0.323 e. The van der Waals surface area contributed by atoms with E-state index in [4.69, 9.17) is 16.7 Å². The Morgan fingerprint density at radius 2 is 2.14 bits per heavy atom. The van der Waals surface area contributed by atoms with Gasteiger partial charge in [0.25, 0.3) is 0 Å². The molecule has 2 amide bonds. The molecule has 2 rings (SSSR count). The molecule has 1 unspecified atom stereocenters. The third-order valence-electron chi connectivity index (χ3n) is 3.69. The van der Waals surface area contributed by atoms with Crippen LogP contribution in [0.5, 0.6) is 0 Å². The van der Waals surface area contributed by atoms with E-state index >= 15 is 0 Å².